The van der Waals surface area contributed by atoms with Gasteiger partial charge in [-0.2, -0.15) is 0 Å². The van der Waals surface area contributed by atoms with E-state index in [2.05, 4.69) is 43.1 Å². The summed E-state index contributed by atoms with van der Waals surface area (Å²) in [7, 11) is 2.02. The second-order valence-electron chi connectivity index (χ2n) is 4.83. The molecule has 1 N–H and O–H groups in total. The summed E-state index contributed by atoms with van der Waals surface area (Å²) < 4.78 is 5.68. The van der Waals surface area contributed by atoms with E-state index < -0.39 is 0 Å². The number of ether oxygens (including phenoxy) is 1. The Morgan fingerprint density at radius 1 is 1.26 bits per heavy atom. The van der Waals surface area contributed by atoms with E-state index in [1.807, 2.05) is 13.1 Å². The van der Waals surface area contributed by atoms with Crippen molar-refractivity contribution in [2.24, 2.45) is 0 Å². The summed E-state index contributed by atoms with van der Waals surface area (Å²) in [5.41, 5.74) is 1.33. The molecule has 1 rings (SSSR count). The highest BCUT2D eigenvalue weighted by Crippen LogP contribution is 2.22. The largest absolute Gasteiger partial charge is 0.494 e. The van der Waals surface area contributed by atoms with Gasteiger partial charge in [0.2, 0.25) is 0 Å². The summed E-state index contributed by atoms with van der Waals surface area (Å²) in [5.74, 6) is 0.971. The van der Waals surface area contributed by atoms with E-state index in [1.165, 1.54) is 18.4 Å². The molecule has 0 bridgehead atoms. The predicted octanol–water partition coefficient (Wildman–Crippen LogP) is 4.48. The molecule has 0 amide bonds. The first kappa shape index (κ1) is 15.8. The van der Waals surface area contributed by atoms with Crippen LogP contribution in [-0.4, -0.2) is 13.7 Å². The van der Waals surface area contributed by atoms with Crippen LogP contribution in [-0.2, 0) is 0 Å². The number of nitrogens with one attached hydrogen (secondary N) is 1. The van der Waals surface area contributed by atoms with E-state index in [9.17, 15) is 0 Å². The molecule has 0 aliphatic rings. The molecular weight excluding hydrogens is 234 g/mol. The molecule has 1 aromatic rings. The first-order valence-electron chi connectivity index (χ1n) is 7.32. The van der Waals surface area contributed by atoms with Crippen molar-refractivity contribution >= 4 is 0 Å². The van der Waals surface area contributed by atoms with Crippen molar-refractivity contribution in [1.29, 1.82) is 0 Å². The fraction of sp³-hybridized carbons (Fsp3) is 0.529. The van der Waals surface area contributed by atoms with Crippen LogP contribution in [0.25, 0.3) is 0 Å². The SMILES string of the molecule is C=CCCCC(NC)c1ccc(OCCCC)cc1. The first-order valence-corrected chi connectivity index (χ1v) is 7.32. The summed E-state index contributed by atoms with van der Waals surface area (Å²) in [6.45, 7) is 6.75. The van der Waals surface area contributed by atoms with E-state index in [1.54, 1.807) is 0 Å². The summed E-state index contributed by atoms with van der Waals surface area (Å²) in [6, 6.07) is 8.89. The van der Waals surface area contributed by atoms with Crippen molar-refractivity contribution in [3.8, 4) is 5.75 Å². The summed E-state index contributed by atoms with van der Waals surface area (Å²) in [6.07, 6.45) is 7.65. The van der Waals surface area contributed by atoms with Gasteiger partial charge in [0.25, 0.3) is 0 Å². The number of unbranched alkanes of at least 4 members (excludes halogenated alkanes) is 2. The Morgan fingerprint density at radius 2 is 2.00 bits per heavy atom. The Kier molecular flexibility index (Phi) is 7.99. The van der Waals surface area contributed by atoms with Crippen LogP contribution in [0.4, 0.5) is 0 Å². The van der Waals surface area contributed by atoms with E-state index in [-0.39, 0.29) is 0 Å². The Morgan fingerprint density at radius 3 is 2.58 bits per heavy atom. The normalized spacial score (nSPS) is 12.1. The molecule has 0 aliphatic heterocycles. The van der Waals surface area contributed by atoms with E-state index in [0.717, 1.165) is 31.6 Å². The topological polar surface area (TPSA) is 21.3 Å². The number of benzene rings is 1. The van der Waals surface area contributed by atoms with Crippen molar-refractivity contribution in [2.75, 3.05) is 13.7 Å². The van der Waals surface area contributed by atoms with E-state index in [0.29, 0.717) is 6.04 Å². The van der Waals surface area contributed by atoms with Gasteiger partial charge in [0.05, 0.1) is 6.61 Å². The molecule has 19 heavy (non-hydrogen) atoms. The highest BCUT2D eigenvalue weighted by atomic mass is 16.5. The van der Waals surface area contributed by atoms with Gasteiger partial charge in [0.1, 0.15) is 5.75 Å². The Hall–Kier alpha value is -1.28. The minimum Gasteiger partial charge on any atom is -0.494 e. The third-order valence-electron chi connectivity index (χ3n) is 3.30. The standard InChI is InChI=1S/C17H27NO/c1-4-6-8-9-17(18-3)15-10-12-16(13-11-15)19-14-7-5-2/h4,10-13,17-18H,1,5-9,14H2,2-3H3. The van der Waals surface area contributed by atoms with Crippen molar-refractivity contribution in [2.45, 2.75) is 45.1 Å². The van der Waals surface area contributed by atoms with Gasteiger partial charge in [-0.3, -0.25) is 0 Å². The first-order chi connectivity index (χ1) is 9.31. The highest BCUT2D eigenvalue weighted by Gasteiger charge is 2.08. The highest BCUT2D eigenvalue weighted by molar-refractivity contribution is 5.29. The van der Waals surface area contributed by atoms with Crippen molar-refractivity contribution in [1.82, 2.24) is 5.32 Å². The lowest BCUT2D eigenvalue weighted by Crippen LogP contribution is -2.16. The Balaban J connectivity index is 2.49. The summed E-state index contributed by atoms with van der Waals surface area (Å²) in [5, 5.41) is 3.37. The molecule has 0 saturated heterocycles. The maximum atomic E-state index is 5.68. The summed E-state index contributed by atoms with van der Waals surface area (Å²) >= 11 is 0. The van der Waals surface area contributed by atoms with Crippen molar-refractivity contribution < 1.29 is 4.74 Å². The Labute approximate surface area is 117 Å². The van der Waals surface area contributed by atoms with Crippen LogP contribution < -0.4 is 10.1 Å². The van der Waals surface area contributed by atoms with Gasteiger partial charge in [0.15, 0.2) is 0 Å². The second kappa shape index (κ2) is 9.62. The third kappa shape index (κ3) is 5.93. The fourth-order valence-electron chi connectivity index (χ4n) is 2.07. The van der Waals surface area contributed by atoms with Gasteiger partial charge in [0, 0.05) is 6.04 Å². The maximum absolute atomic E-state index is 5.68. The molecule has 0 radical (unpaired) electrons. The van der Waals surface area contributed by atoms with Gasteiger partial charge in [-0.05, 0) is 50.4 Å². The maximum Gasteiger partial charge on any atom is 0.119 e. The van der Waals surface area contributed by atoms with Crippen LogP contribution >= 0.6 is 0 Å². The lowest BCUT2D eigenvalue weighted by molar-refractivity contribution is 0.309. The van der Waals surface area contributed by atoms with E-state index >= 15 is 0 Å². The van der Waals surface area contributed by atoms with Gasteiger partial charge < -0.3 is 10.1 Å². The number of hydrogen-bond acceptors (Lipinski definition) is 2. The zero-order chi connectivity index (χ0) is 13.9. The summed E-state index contributed by atoms with van der Waals surface area (Å²) in [4.78, 5) is 0. The average Bonchev–Trinajstić information content (AvgIpc) is 2.45. The van der Waals surface area contributed by atoms with Gasteiger partial charge in [-0.15, -0.1) is 6.58 Å². The molecule has 0 spiro atoms. The predicted molar refractivity (Wildman–Crippen MR) is 82.7 cm³/mol. The zero-order valence-electron chi connectivity index (χ0n) is 12.3. The molecule has 106 valence electrons. The minimum absolute atomic E-state index is 0.421. The average molecular weight is 261 g/mol. The smallest absolute Gasteiger partial charge is 0.119 e. The minimum atomic E-state index is 0.421. The fourth-order valence-corrected chi connectivity index (χ4v) is 2.07. The van der Waals surface area contributed by atoms with Crippen LogP contribution in [0, 0.1) is 0 Å². The molecule has 0 aromatic heterocycles. The van der Waals surface area contributed by atoms with Gasteiger partial charge in [-0.25, -0.2) is 0 Å². The lowest BCUT2D eigenvalue weighted by Gasteiger charge is -2.16. The molecule has 2 nitrogen and oxygen atoms in total. The zero-order valence-corrected chi connectivity index (χ0v) is 12.3. The lowest BCUT2D eigenvalue weighted by atomic mass is 10.0. The molecule has 0 aliphatic carbocycles. The molecule has 0 heterocycles. The van der Waals surface area contributed by atoms with Crippen LogP contribution in [0.15, 0.2) is 36.9 Å². The van der Waals surface area contributed by atoms with Crippen LogP contribution in [0.1, 0.15) is 50.6 Å². The molecule has 0 saturated carbocycles. The second-order valence-corrected chi connectivity index (χ2v) is 4.83. The van der Waals surface area contributed by atoms with Gasteiger partial charge in [-0.1, -0.05) is 31.6 Å². The number of allylic oxidation sites excluding steroid dienone is 1. The van der Waals surface area contributed by atoms with E-state index in [4.69, 9.17) is 4.74 Å². The van der Waals surface area contributed by atoms with Crippen LogP contribution in [0.3, 0.4) is 0 Å². The molecule has 0 fully saturated rings. The third-order valence-corrected chi connectivity index (χ3v) is 3.30. The van der Waals surface area contributed by atoms with Gasteiger partial charge >= 0.3 is 0 Å². The van der Waals surface area contributed by atoms with Crippen LogP contribution in [0.2, 0.25) is 0 Å². The quantitative estimate of drug-likeness (QED) is 0.495. The van der Waals surface area contributed by atoms with Crippen molar-refractivity contribution in [3.05, 3.63) is 42.5 Å². The molecule has 1 aromatic carbocycles. The monoisotopic (exact) mass is 261 g/mol. The number of rotatable bonds is 10. The molecule has 1 unspecified atom stereocenters. The number of hydrogen-bond donors (Lipinski definition) is 1. The van der Waals surface area contributed by atoms with Crippen LogP contribution in [0.5, 0.6) is 5.75 Å². The molecular formula is C17H27NO. The van der Waals surface area contributed by atoms with Crippen molar-refractivity contribution in [3.63, 3.8) is 0 Å². The molecule has 2 heteroatoms. The Bertz CT molecular complexity index is 345. The molecule has 1 atom stereocenters.